The summed E-state index contributed by atoms with van der Waals surface area (Å²) >= 11 is 0. The third-order valence-electron chi connectivity index (χ3n) is 4.88. The van der Waals surface area contributed by atoms with Crippen molar-refractivity contribution in [3.63, 3.8) is 0 Å². The Hall–Kier alpha value is -1.91. The second kappa shape index (κ2) is 8.97. The molecule has 1 heterocycles. The lowest BCUT2D eigenvalue weighted by Crippen LogP contribution is -2.40. The molecule has 1 saturated heterocycles. The molecule has 1 fully saturated rings. The maximum atomic E-state index is 12.3. The van der Waals surface area contributed by atoms with E-state index in [4.69, 9.17) is 9.47 Å². The molecule has 0 spiro atoms. The first-order valence-electron chi connectivity index (χ1n) is 9.24. The first-order valence-corrected chi connectivity index (χ1v) is 9.24. The molecule has 0 saturated carbocycles. The Balaban J connectivity index is 1.94. The van der Waals surface area contributed by atoms with Gasteiger partial charge < -0.3 is 9.47 Å². The van der Waals surface area contributed by atoms with Crippen LogP contribution < -0.4 is 0 Å². The van der Waals surface area contributed by atoms with Crippen molar-refractivity contribution in [3.8, 4) is 0 Å². The molecule has 0 aromatic heterocycles. The summed E-state index contributed by atoms with van der Waals surface area (Å²) in [6.07, 6.45) is 13.2. The molecule has 5 nitrogen and oxygen atoms in total. The van der Waals surface area contributed by atoms with Gasteiger partial charge in [0.25, 0.3) is 0 Å². The van der Waals surface area contributed by atoms with Gasteiger partial charge in [0.1, 0.15) is 11.7 Å². The summed E-state index contributed by atoms with van der Waals surface area (Å²) in [5.41, 5.74) is -0.840. The van der Waals surface area contributed by atoms with Crippen LogP contribution in [0, 0.1) is 5.92 Å². The molecular formula is C20H28O5. The Kier molecular flexibility index (Phi) is 6.97. The van der Waals surface area contributed by atoms with E-state index in [1.165, 1.54) is 6.92 Å². The van der Waals surface area contributed by atoms with E-state index in [9.17, 15) is 14.4 Å². The first-order chi connectivity index (χ1) is 12.0. The van der Waals surface area contributed by atoms with Gasteiger partial charge in [-0.1, -0.05) is 19.1 Å². The molecule has 0 bridgehead atoms. The molecule has 5 heteroatoms. The van der Waals surface area contributed by atoms with Crippen molar-refractivity contribution >= 4 is 17.7 Å². The Morgan fingerprint density at radius 1 is 1.36 bits per heavy atom. The van der Waals surface area contributed by atoms with Gasteiger partial charge in [0.05, 0.1) is 5.92 Å². The Bertz CT molecular complexity index is 562. The van der Waals surface area contributed by atoms with Gasteiger partial charge in [-0.15, -0.1) is 0 Å². The summed E-state index contributed by atoms with van der Waals surface area (Å²) in [4.78, 5) is 35.0. The summed E-state index contributed by atoms with van der Waals surface area (Å²) in [5, 5.41) is 0. The summed E-state index contributed by atoms with van der Waals surface area (Å²) in [6.45, 7) is 3.43. The van der Waals surface area contributed by atoms with Gasteiger partial charge in [-0.2, -0.15) is 0 Å². The summed E-state index contributed by atoms with van der Waals surface area (Å²) in [6, 6.07) is 0. The SMILES string of the molecule is CC/C=C\C[C@H]1C(=O)C=C[C@@]1(CCCC[C@@H]1CCC(=O)O1)OC(C)=O. The number of esters is 2. The number of rotatable bonds is 9. The molecule has 138 valence electrons. The third kappa shape index (κ3) is 5.28. The van der Waals surface area contributed by atoms with Crippen molar-refractivity contribution in [3.05, 3.63) is 24.3 Å². The summed E-state index contributed by atoms with van der Waals surface area (Å²) in [5.74, 6) is -0.808. The molecule has 2 aliphatic rings. The fourth-order valence-corrected chi connectivity index (χ4v) is 3.65. The highest BCUT2D eigenvalue weighted by molar-refractivity contribution is 5.96. The average molecular weight is 348 g/mol. The number of ketones is 1. The fraction of sp³-hybridized carbons (Fsp3) is 0.650. The third-order valence-corrected chi connectivity index (χ3v) is 4.88. The molecule has 25 heavy (non-hydrogen) atoms. The van der Waals surface area contributed by atoms with Crippen LogP contribution in [0.3, 0.4) is 0 Å². The normalized spacial score (nSPS) is 28.7. The van der Waals surface area contributed by atoms with Gasteiger partial charge in [-0.05, 0) is 57.1 Å². The average Bonchev–Trinajstić information content (AvgIpc) is 3.10. The molecule has 0 N–H and O–H groups in total. The second-order valence-corrected chi connectivity index (χ2v) is 6.85. The zero-order valence-electron chi connectivity index (χ0n) is 15.2. The van der Waals surface area contributed by atoms with Crippen LogP contribution in [-0.4, -0.2) is 29.4 Å². The van der Waals surface area contributed by atoms with E-state index < -0.39 is 5.60 Å². The number of cyclic esters (lactones) is 1. The monoisotopic (exact) mass is 348 g/mol. The highest BCUT2D eigenvalue weighted by Crippen LogP contribution is 2.38. The zero-order chi connectivity index (χ0) is 18.3. The fourth-order valence-electron chi connectivity index (χ4n) is 3.65. The maximum absolute atomic E-state index is 12.3. The predicted molar refractivity (Wildman–Crippen MR) is 93.8 cm³/mol. The number of carbonyl (C=O) groups excluding carboxylic acids is 3. The lowest BCUT2D eigenvalue weighted by Gasteiger charge is -2.33. The minimum Gasteiger partial charge on any atom is -0.462 e. The summed E-state index contributed by atoms with van der Waals surface area (Å²) in [7, 11) is 0. The molecule has 1 aliphatic heterocycles. The van der Waals surface area contributed by atoms with Crippen LogP contribution >= 0.6 is 0 Å². The van der Waals surface area contributed by atoms with Crippen LogP contribution in [0.4, 0.5) is 0 Å². The van der Waals surface area contributed by atoms with Crippen molar-refractivity contribution in [2.75, 3.05) is 0 Å². The largest absolute Gasteiger partial charge is 0.462 e. The number of carbonyl (C=O) groups is 3. The van der Waals surface area contributed by atoms with Crippen LogP contribution in [0.25, 0.3) is 0 Å². The van der Waals surface area contributed by atoms with Crippen LogP contribution in [0.5, 0.6) is 0 Å². The predicted octanol–water partition coefficient (Wildman–Crippen LogP) is 3.67. The Morgan fingerprint density at radius 2 is 2.16 bits per heavy atom. The molecule has 0 radical (unpaired) electrons. The zero-order valence-corrected chi connectivity index (χ0v) is 15.2. The van der Waals surface area contributed by atoms with Gasteiger partial charge >= 0.3 is 11.9 Å². The Labute approximate surface area is 149 Å². The van der Waals surface area contributed by atoms with E-state index in [-0.39, 0.29) is 29.7 Å². The van der Waals surface area contributed by atoms with Crippen molar-refractivity contribution in [1.82, 2.24) is 0 Å². The minimum atomic E-state index is -0.840. The molecule has 2 rings (SSSR count). The number of ether oxygens (including phenoxy) is 2. The van der Waals surface area contributed by atoms with Crippen molar-refractivity contribution in [2.24, 2.45) is 5.92 Å². The molecule has 0 aromatic carbocycles. The standard InChI is InChI=1S/C20H28O5/c1-3-4-5-9-17-18(22)12-14-20(17,25-15(2)21)13-7-6-8-16-10-11-19(23)24-16/h4-5,12,14,16-17H,3,6-11,13H2,1-2H3/b5-4-/t16-,17+,20-/m1/s1. The van der Waals surface area contributed by atoms with Crippen LogP contribution in [0.1, 0.15) is 65.2 Å². The number of hydrogen-bond acceptors (Lipinski definition) is 5. The second-order valence-electron chi connectivity index (χ2n) is 6.85. The lowest BCUT2D eigenvalue weighted by atomic mass is 9.82. The van der Waals surface area contributed by atoms with E-state index in [0.29, 0.717) is 19.3 Å². The number of unbranched alkanes of at least 4 members (excludes halogenated alkanes) is 1. The molecule has 3 atom stereocenters. The van der Waals surface area contributed by atoms with Crippen LogP contribution in [-0.2, 0) is 23.9 Å². The topological polar surface area (TPSA) is 69.7 Å². The van der Waals surface area contributed by atoms with Gasteiger partial charge in [-0.25, -0.2) is 0 Å². The molecule has 0 unspecified atom stereocenters. The Morgan fingerprint density at radius 3 is 2.80 bits per heavy atom. The van der Waals surface area contributed by atoms with Crippen molar-refractivity contribution in [2.45, 2.75) is 76.9 Å². The van der Waals surface area contributed by atoms with E-state index >= 15 is 0 Å². The van der Waals surface area contributed by atoms with E-state index in [1.807, 2.05) is 19.1 Å². The van der Waals surface area contributed by atoms with Crippen molar-refractivity contribution < 1.29 is 23.9 Å². The van der Waals surface area contributed by atoms with Gasteiger partial charge in [0.2, 0.25) is 0 Å². The van der Waals surface area contributed by atoms with E-state index in [0.717, 1.165) is 32.1 Å². The highest BCUT2D eigenvalue weighted by atomic mass is 16.6. The van der Waals surface area contributed by atoms with Gasteiger partial charge in [0.15, 0.2) is 5.78 Å². The highest BCUT2D eigenvalue weighted by Gasteiger charge is 2.46. The van der Waals surface area contributed by atoms with Crippen molar-refractivity contribution in [1.29, 1.82) is 0 Å². The number of allylic oxidation sites excluding steroid dienone is 3. The molecule has 0 amide bonds. The molecular weight excluding hydrogens is 320 g/mol. The van der Waals surface area contributed by atoms with Gasteiger partial charge in [-0.3, -0.25) is 14.4 Å². The molecule has 0 aromatic rings. The van der Waals surface area contributed by atoms with E-state index in [1.54, 1.807) is 12.2 Å². The summed E-state index contributed by atoms with van der Waals surface area (Å²) < 4.78 is 10.9. The quantitative estimate of drug-likeness (QED) is 0.361. The first kappa shape index (κ1) is 19.4. The number of hydrogen-bond donors (Lipinski definition) is 0. The van der Waals surface area contributed by atoms with Gasteiger partial charge in [0, 0.05) is 13.3 Å². The maximum Gasteiger partial charge on any atom is 0.306 e. The lowest BCUT2D eigenvalue weighted by molar-refractivity contribution is -0.158. The van der Waals surface area contributed by atoms with E-state index in [2.05, 4.69) is 0 Å². The van der Waals surface area contributed by atoms with Crippen LogP contribution in [0.15, 0.2) is 24.3 Å². The molecule has 1 aliphatic carbocycles. The minimum absolute atomic E-state index is 0.0150. The smallest absolute Gasteiger partial charge is 0.306 e. The van der Waals surface area contributed by atoms with Crippen LogP contribution in [0.2, 0.25) is 0 Å².